The maximum Gasteiger partial charge on any atom is 0.120 e. The van der Waals surface area contributed by atoms with Crippen molar-refractivity contribution < 1.29 is 10.2 Å². The zero-order valence-corrected chi connectivity index (χ0v) is 30.1. The van der Waals surface area contributed by atoms with Crippen LogP contribution in [0.1, 0.15) is 122 Å². The summed E-state index contributed by atoms with van der Waals surface area (Å²) >= 11 is 0. The molecule has 0 saturated carbocycles. The summed E-state index contributed by atoms with van der Waals surface area (Å²) in [4.78, 5) is 4.47. The molecule has 0 aliphatic rings. The SMILES string of the molecule is CC(C)(O)C#CC(=C=C(C#Cc1ccnc(C#CC(=C=C(C#CC(C)(C)O)C(C)(C)C)C(C)(C)C)c1)C(C)(C)C)C(C)(C)C. The first-order valence-corrected chi connectivity index (χ1v) is 15.1. The highest BCUT2D eigenvalue weighted by Gasteiger charge is 2.22. The fourth-order valence-corrected chi connectivity index (χ4v) is 3.14. The first kappa shape index (κ1) is 38.4. The Balaban J connectivity index is 3.86. The number of rotatable bonds is 0. The van der Waals surface area contributed by atoms with Gasteiger partial charge in [-0.05, 0) is 45.7 Å². The fraction of sp³-hybridized carbons (Fsp3) is 0.537. The summed E-state index contributed by atoms with van der Waals surface area (Å²) in [5.74, 6) is 25.3. The Hall–Kier alpha value is -3.65. The van der Waals surface area contributed by atoms with E-state index in [-0.39, 0.29) is 21.7 Å². The van der Waals surface area contributed by atoms with Crippen molar-refractivity contribution in [2.45, 2.75) is 122 Å². The van der Waals surface area contributed by atoms with E-state index in [0.29, 0.717) is 5.69 Å². The number of allylic oxidation sites excluding steroid dienone is 2. The van der Waals surface area contributed by atoms with Crippen molar-refractivity contribution in [3.8, 4) is 47.4 Å². The van der Waals surface area contributed by atoms with Gasteiger partial charge in [0, 0.05) is 33.4 Å². The molecule has 0 aliphatic heterocycles. The Morgan fingerprint density at radius 3 is 1.20 bits per heavy atom. The van der Waals surface area contributed by atoms with Gasteiger partial charge in [0.25, 0.3) is 0 Å². The molecule has 0 aromatic carbocycles. The third-order valence-corrected chi connectivity index (χ3v) is 5.89. The van der Waals surface area contributed by atoms with Crippen LogP contribution >= 0.6 is 0 Å². The van der Waals surface area contributed by atoms with Gasteiger partial charge in [0.05, 0.1) is 22.3 Å². The van der Waals surface area contributed by atoms with E-state index >= 15 is 0 Å². The van der Waals surface area contributed by atoms with Crippen LogP contribution in [0, 0.1) is 69.0 Å². The predicted molar refractivity (Wildman–Crippen MR) is 185 cm³/mol. The lowest BCUT2D eigenvalue weighted by atomic mass is 9.82. The number of aliphatic hydroxyl groups is 2. The minimum absolute atomic E-state index is 0.269. The summed E-state index contributed by atoms with van der Waals surface area (Å²) in [5.41, 5.74) is 8.24. The van der Waals surface area contributed by atoms with E-state index in [1.807, 2.05) is 12.1 Å². The Morgan fingerprint density at radius 2 is 0.864 bits per heavy atom. The van der Waals surface area contributed by atoms with Gasteiger partial charge in [-0.1, -0.05) is 136 Å². The van der Waals surface area contributed by atoms with E-state index in [4.69, 9.17) is 0 Å². The fourth-order valence-electron chi connectivity index (χ4n) is 3.14. The first-order chi connectivity index (χ1) is 19.6. The number of hydrogen-bond acceptors (Lipinski definition) is 3. The predicted octanol–water partition coefficient (Wildman–Crippen LogP) is 8.42. The van der Waals surface area contributed by atoms with Gasteiger partial charge < -0.3 is 10.2 Å². The molecule has 44 heavy (non-hydrogen) atoms. The molecule has 3 nitrogen and oxygen atoms in total. The highest BCUT2D eigenvalue weighted by atomic mass is 16.3. The molecule has 1 heterocycles. The van der Waals surface area contributed by atoms with Crippen LogP contribution in [-0.2, 0) is 0 Å². The van der Waals surface area contributed by atoms with Crippen LogP contribution in [0.25, 0.3) is 0 Å². The van der Waals surface area contributed by atoms with Gasteiger partial charge in [0.2, 0.25) is 0 Å². The molecule has 0 amide bonds. The molecule has 0 aliphatic carbocycles. The molecule has 3 heteroatoms. The molecule has 0 bridgehead atoms. The molecule has 1 rings (SSSR count). The second-order valence-corrected chi connectivity index (χ2v) is 16.3. The summed E-state index contributed by atoms with van der Waals surface area (Å²) in [5, 5.41) is 20.3. The zero-order valence-electron chi connectivity index (χ0n) is 30.1. The number of aromatic nitrogens is 1. The smallest absolute Gasteiger partial charge is 0.120 e. The molecule has 0 fully saturated rings. The van der Waals surface area contributed by atoms with Crippen molar-refractivity contribution in [3.63, 3.8) is 0 Å². The molecule has 0 spiro atoms. The van der Waals surface area contributed by atoms with Crippen molar-refractivity contribution in [2.24, 2.45) is 21.7 Å². The number of hydrogen-bond donors (Lipinski definition) is 2. The number of pyridine rings is 1. The van der Waals surface area contributed by atoms with Crippen LogP contribution < -0.4 is 0 Å². The van der Waals surface area contributed by atoms with Gasteiger partial charge in [-0.2, -0.15) is 0 Å². The Labute approximate surface area is 269 Å². The van der Waals surface area contributed by atoms with E-state index in [2.05, 4.69) is 147 Å². The maximum atomic E-state index is 10.2. The van der Waals surface area contributed by atoms with Crippen molar-refractivity contribution in [1.29, 1.82) is 0 Å². The van der Waals surface area contributed by atoms with E-state index in [1.54, 1.807) is 33.9 Å². The summed E-state index contributed by atoms with van der Waals surface area (Å²) in [6, 6.07) is 3.75. The van der Waals surface area contributed by atoms with Crippen molar-refractivity contribution in [1.82, 2.24) is 4.98 Å². The largest absolute Gasteiger partial charge is 0.378 e. The first-order valence-electron chi connectivity index (χ1n) is 15.1. The Kier molecular flexibility index (Phi) is 12.2. The van der Waals surface area contributed by atoms with Gasteiger partial charge in [-0.25, -0.2) is 4.98 Å². The molecule has 0 radical (unpaired) electrons. The monoisotopic (exact) mass is 591 g/mol. The molecular formula is C41H53NO2. The van der Waals surface area contributed by atoms with E-state index < -0.39 is 11.2 Å². The number of nitrogens with zero attached hydrogens (tertiary/aromatic N) is 1. The Morgan fingerprint density at radius 1 is 0.523 bits per heavy atom. The molecule has 0 unspecified atom stereocenters. The molecule has 2 N–H and O–H groups in total. The highest BCUT2D eigenvalue weighted by Crippen LogP contribution is 2.30. The van der Waals surface area contributed by atoms with Crippen molar-refractivity contribution >= 4 is 0 Å². The Bertz CT molecular complexity index is 1490. The minimum Gasteiger partial charge on any atom is -0.378 e. The third kappa shape index (κ3) is 14.7. The van der Waals surface area contributed by atoms with Crippen LogP contribution in [0.5, 0.6) is 0 Å². The summed E-state index contributed by atoms with van der Waals surface area (Å²) in [6.07, 6.45) is 1.71. The summed E-state index contributed by atoms with van der Waals surface area (Å²) in [7, 11) is 0. The van der Waals surface area contributed by atoms with Gasteiger partial charge in [0.1, 0.15) is 16.9 Å². The van der Waals surface area contributed by atoms with E-state index in [0.717, 1.165) is 27.9 Å². The summed E-state index contributed by atoms with van der Waals surface area (Å²) < 4.78 is 0. The second kappa shape index (κ2) is 14.0. The topological polar surface area (TPSA) is 53.4 Å². The lowest BCUT2D eigenvalue weighted by molar-refractivity contribution is 0.143. The minimum atomic E-state index is -1.10. The van der Waals surface area contributed by atoms with Crippen molar-refractivity contribution in [2.75, 3.05) is 0 Å². The van der Waals surface area contributed by atoms with Gasteiger partial charge in [-0.15, -0.1) is 0 Å². The maximum absolute atomic E-state index is 10.2. The van der Waals surface area contributed by atoms with Crippen LogP contribution in [0.4, 0.5) is 0 Å². The third-order valence-electron chi connectivity index (χ3n) is 5.89. The molecule has 0 atom stereocenters. The average molecular weight is 592 g/mol. The van der Waals surface area contributed by atoms with Crippen LogP contribution in [0.3, 0.4) is 0 Å². The molecule has 0 saturated heterocycles. The molecule has 234 valence electrons. The highest BCUT2D eigenvalue weighted by molar-refractivity contribution is 5.49. The van der Waals surface area contributed by atoms with Gasteiger partial charge in [0.15, 0.2) is 0 Å². The lowest BCUT2D eigenvalue weighted by Gasteiger charge is -2.20. The average Bonchev–Trinajstić information content (AvgIpc) is 2.78. The molecule has 1 aromatic rings. The van der Waals surface area contributed by atoms with Crippen molar-refractivity contribution in [3.05, 3.63) is 63.3 Å². The van der Waals surface area contributed by atoms with Crippen LogP contribution in [-0.4, -0.2) is 26.4 Å². The lowest BCUT2D eigenvalue weighted by Crippen LogP contribution is -2.16. The van der Waals surface area contributed by atoms with Gasteiger partial charge >= 0.3 is 0 Å². The molecular weight excluding hydrogens is 538 g/mol. The molecule has 1 aromatic heterocycles. The zero-order chi connectivity index (χ0) is 34.4. The quantitative estimate of drug-likeness (QED) is 0.235. The normalized spacial score (nSPS) is 11.9. The van der Waals surface area contributed by atoms with E-state index in [1.165, 1.54) is 0 Å². The van der Waals surface area contributed by atoms with Crippen LogP contribution in [0.15, 0.2) is 52.1 Å². The summed E-state index contributed by atoms with van der Waals surface area (Å²) in [6.45, 7) is 31.7. The van der Waals surface area contributed by atoms with Gasteiger partial charge in [-0.3, -0.25) is 0 Å². The second-order valence-electron chi connectivity index (χ2n) is 16.3. The van der Waals surface area contributed by atoms with E-state index in [9.17, 15) is 10.2 Å². The standard InChI is InChI=1S/C41H53NO2/c1-36(2,3)31(28-33(38(7,8)9)21-24-40(13,14)43)18-17-30-23-26-42-35(27-30)20-19-32(37(4,5)6)29-34(39(10,11)12)22-25-41(15,16)44/h23,26-27,43-44H,1-16H3. The van der Waals surface area contributed by atoms with Crippen LogP contribution in [0.2, 0.25) is 0 Å².